The molecule has 0 bridgehead atoms. The summed E-state index contributed by atoms with van der Waals surface area (Å²) in [5.74, 6) is 0. The Kier molecular flexibility index (Phi) is 3.96. The third-order valence-electron chi connectivity index (χ3n) is 3.24. The number of rotatable bonds is 3. The number of imidazole rings is 1. The van der Waals surface area contributed by atoms with Crippen LogP contribution in [-0.2, 0) is 11.3 Å². The van der Waals surface area contributed by atoms with Crippen molar-refractivity contribution in [3.05, 3.63) is 52.5 Å². The molecule has 1 atom stereocenters. The summed E-state index contributed by atoms with van der Waals surface area (Å²) in [5, 5.41) is 3.35. The summed E-state index contributed by atoms with van der Waals surface area (Å²) < 4.78 is 9.04. The molecule has 1 aliphatic rings. The van der Waals surface area contributed by atoms with E-state index in [1.165, 1.54) is 5.56 Å². The molecule has 0 radical (unpaired) electrons. The molecule has 3 rings (SSSR count). The van der Waals surface area contributed by atoms with Crippen LogP contribution in [0.4, 0.5) is 0 Å². The minimum Gasteiger partial charge on any atom is -0.369 e. The number of nitrogens with one attached hydrogen (secondary N) is 1. The number of morpholine rings is 1. The van der Waals surface area contributed by atoms with Gasteiger partial charge in [0.15, 0.2) is 0 Å². The smallest absolute Gasteiger partial charge is 0.111 e. The van der Waals surface area contributed by atoms with Crippen LogP contribution in [0.5, 0.6) is 0 Å². The first-order valence-electron chi connectivity index (χ1n) is 6.40. The molecule has 2 aromatic rings. The maximum atomic E-state index is 5.79. The number of halogens is 1. The summed E-state index contributed by atoms with van der Waals surface area (Å²) in [5.41, 5.74) is 2.38. The first kappa shape index (κ1) is 12.8. The predicted molar refractivity (Wildman–Crippen MR) is 77.0 cm³/mol. The third kappa shape index (κ3) is 3.05. The van der Waals surface area contributed by atoms with Crippen LogP contribution in [0.3, 0.4) is 0 Å². The molecule has 1 aliphatic heterocycles. The number of nitrogens with zero attached hydrogens (tertiary/aromatic N) is 2. The van der Waals surface area contributed by atoms with Crippen molar-refractivity contribution in [1.82, 2.24) is 14.9 Å². The quantitative estimate of drug-likeness (QED) is 0.943. The average Bonchev–Trinajstić information content (AvgIpc) is 2.88. The van der Waals surface area contributed by atoms with Crippen molar-refractivity contribution in [2.24, 2.45) is 0 Å². The van der Waals surface area contributed by atoms with Gasteiger partial charge < -0.3 is 14.6 Å². The Morgan fingerprint density at radius 3 is 3.21 bits per heavy atom. The van der Waals surface area contributed by atoms with Gasteiger partial charge in [0.25, 0.3) is 0 Å². The summed E-state index contributed by atoms with van der Waals surface area (Å²) in [7, 11) is 0. The van der Waals surface area contributed by atoms with E-state index in [1.54, 1.807) is 0 Å². The Bertz CT molecular complexity index is 549. The molecule has 5 heteroatoms. The first-order valence-corrected chi connectivity index (χ1v) is 7.19. The van der Waals surface area contributed by atoms with Crippen LogP contribution in [-0.4, -0.2) is 29.2 Å². The maximum absolute atomic E-state index is 5.79. The fourth-order valence-corrected chi connectivity index (χ4v) is 2.77. The molecule has 1 fully saturated rings. The number of ether oxygens (including phenoxy) is 1. The topological polar surface area (TPSA) is 39.1 Å². The predicted octanol–water partition coefficient (Wildman–Crippen LogP) is 2.35. The molecule has 0 amide bonds. The second-order valence-corrected chi connectivity index (χ2v) is 5.56. The molecule has 1 aromatic carbocycles. The van der Waals surface area contributed by atoms with Crippen molar-refractivity contribution in [1.29, 1.82) is 0 Å². The number of hydrogen-bond acceptors (Lipinski definition) is 3. The normalized spacial score (nSPS) is 19.5. The zero-order valence-electron chi connectivity index (χ0n) is 10.6. The molecule has 0 aliphatic carbocycles. The van der Waals surface area contributed by atoms with Gasteiger partial charge in [-0.1, -0.05) is 28.1 Å². The lowest BCUT2D eigenvalue weighted by Gasteiger charge is -2.24. The van der Waals surface area contributed by atoms with E-state index in [2.05, 4.69) is 49.0 Å². The number of hydrogen-bond donors (Lipinski definition) is 1. The van der Waals surface area contributed by atoms with E-state index >= 15 is 0 Å². The van der Waals surface area contributed by atoms with E-state index in [4.69, 9.17) is 4.74 Å². The SMILES string of the molecule is Brc1cccc(Cn2cncc2C2CNCCO2)c1. The van der Waals surface area contributed by atoms with Gasteiger partial charge in [0, 0.05) is 24.1 Å². The zero-order valence-corrected chi connectivity index (χ0v) is 12.1. The van der Waals surface area contributed by atoms with Gasteiger partial charge in [-0.05, 0) is 17.7 Å². The maximum Gasteiger partial charge on any atom is 0.111 e. The third-order valence-corrected chi connectivity index (χ3v) is 3.74. The molecule has 4 nitrogen and oxygen atoms in total. The van der Waals surface area contributed by atoms with Gasteiger partial charge in [-0.2, -0.15) is 0 Å². The molecule has 1 unspecified atom stereocenters. The minimum atomic E-state index is 0.100. The lowest BCUT2D eigenvalue weighted by molar-refractivity contribution is 0.0230. The number of aromatic nitrogens is 2. The van der Waals surface area contributed by atoms with Crippen LogP contribution in [0.25, 0.3) is 0 Å². The van der Waals surface area contributed by atoms with Crippen LogP contribution in [0.1, 0.15) is 17.4 Å². The molecule has 1 saturated heterocycles. The second-order valence-electron chi connectivity index (χ2n) is 4.64. The average molecular weight is 322 g/mol. The molecule has 0 spiro atoms. The van der Waals surface area contributed by atoms with Crippen molar-refractivity contribution in [2.75, 3.05) is 19.7 Å². The van der Waals surface area contributed by atoms with Crippen LogP contribution in [0, 0.1) is 0 Å². The Balaban J connectivity index is 1.80. The molecule has 100 valence electrons. The Morgan fingerprint density at radius 2 is 2.42 bits per heavy atom. The summed E-state index contributed by atoms with van der Waals surface area (Å²) in [6.07, 6.45) is 3.87. The standard InChI is InChI=1S/C14H16BrN3O/c15-12-3-1-2-11(6-12)9-18-10-17-7-13(18)14-8-16-4-5-19-14/h1-3,6-7,10,14,16H,4-5,8-9H2. The van der Waals surface area contributed by atoms with Crippen molar-refractivity contribution >= 4 is 15.9 Å². The summed E-state index contributed by atoms with van der Waals surface area (Å²) >= 11 is 3.50. The van der Waals surface area contributed by atoms with E-state index in [1.807, 2.05) is 18.6 Å². The van der Waals surface area contributed by atoms with Gasteiger partial charge in [0.1, 0.15) is 6.10 Å². The lowest BCUT2D eigenvalue weighted by atomic mass is 10.2. The Hall–Kier alpha value is -1.17. The summed E-state index contributed by atoms with van der Waals surface area (Å²) in [4.78, 5) is 4.26. The molecule has 1 aromatic heterocycles. The Morgan fingerprint density at radius 1 is 1.47 bits per heavy atom. The van der Waals surface area contributed by atoms with Crippen molar-refractivity contribution in [3.8, 4) is 0 Å². The van der Waals surface area contributed by atoms with Crippen molar-refractivity contribution < 1.29 is 4.74 Å². The van der Waals surface area contributed by atoms with Gasteiger partial charge in [0.2, 0.25) is 0 Å². The lowest BCUT2D eigenvalue weighted by Crippen LogP contribution is -2.34. The fraction of sp³-hybridized carbons (Fsp3) is 0.357. The first-order chi connectivity index (χ1) is 9.33. The highest BCUT2D eigenvalue weighted by Crippen LogP contribution is 2.20. The van der Waals surface area contributed by atoms with Crippen LogP contribution in [0.15, 0.2) is 41.3 Å². The van der Waals surface area contributed by atoms with Crippen molar-refractivity contribution in [2.45, 2.75) is 12.6 Å². The van der Waals surface area contributed by atoms with Crippen molar-refractivity contribution in [3.63, 3.8) is 0 Å². The van der Waals surface area contributed by atoms with Gasteiger partial charge in [-0.25, -0.2) is 4.98 Å². The number of benzene rings is 1. The monoisotopic (exact) mass is 321 g/mol. The second kappa shape index (κ2) is 5.86. The van der Waals surface area contributed by atoms with Gasteiger partial charge in [-0.15, -0.1) is 0 Å². The largest absolute Gasteiger partial charge is 0.369 e. The Labute approximate surface area is 120 Å². The highest BCUT2D eigenvalue weighted by atomic mass is 79.9. The van der Waals surface area contributed by atoms with Crippen LogP contribution in [0.2, 0.25) is 0 Å². The summed E-state index contributed by atoms with van der Waals surface area (Å²) in [6.45, 7) is 3.35. The fourth-order valence-electron chi connectivity index (χ4n) is 2.32. The van der Waals surface area contributed by atoms with Gasteiger partial charge >= 0.3 is 0 Å². The van der Waals surface area contributed by atoms with Gasteiger partial charge in [0.05, 0.1) is 24.8 Å². The highest BCUT2D eigenvalue weighted by molar-refractivity contribution is 9.10. The molecule has 2 heterocycles. The van der Waals surface area contributed by atoms with E-state index in [-0.39, 0.29) is 6.10 Å². The zero-order chi connectivity index (χ0) is 13.1. The van der Waals surface area contributed by atoms with E-state index in [0.29, 0.717) is 0 Å². The molecule has 1 N–H and O–H groups in total. The van der Waals surface area contributed by atoms with E-state index in [9.17, 15) is 0 Å². The van der Waals surface area contributed by atoms with Crippen LogP contribution < -0.4 is 5.32 Å². The van der Waals surface area contributed by atoms with E-state index < -0.39 is 0 Å². The molecular weight excluding hydrogens is 306 g/mol. The van der Waals surface area contributed by atoms with Gasteiger partial charge in [-0.3, -0.25) is 0 Å². The molecule has 0 saturated carbocycles. The van der Waals surface area contributed by atoms with E-state index in [0.717, 1.165) is 36.4 Å². The molecular formula is C14H16BrN3O. The minimum absolute atomic E-state index is 0.100. The highest BCUT2D eigenvalue weighted by Gasteiger charge is 2.19. The molecule has 19 heavy (non-hydrogen) atoms. The van der Waals surface area contributed by atoms with Crippen LogP contribution >= 0.6 is 15.9 Å². The summed E-state index contributed by atoms with van der Waals surface area (Å²) in [6, 6.07) is 8.33.